The van der Waals surface area contributed by atoms with Gasteiger partial charge in [0.25, 0.3) is 0 Å². The second-order valence-corrected chi connectivity index (χ2v) is 2.99. The molecule has 0 saturated carbocycles. The van der Waals surface area contributed by atoms with Gasteiger partial charge in [-0.1, -0.05) is 0 Å². The Morgan fingerprint density at radius 3 is 1.12 bits per heavy atom. The van der Waals surface area contributed by atoms with Gasteiger partial charge in [0, 0.05) is 32.3 Å². The Labute approximate surface area is 55.9 Å². The molecule has 0 heterocycles. The summed E-state index contributed by atoms with van der Waals surface area (Å²) in [6, 6.07) is 0. The fraction of sp³-hybridized carbons (Fsp3) is 1.00. The fourth-order valence-electron chi connectivity index (χ4n) is 0.289. The lowest BCUT2D eigenvalue weighted by atomic mass is 11.8. The van der Waals surface area contributed by atoms with Crippen molar-refractivity contribution >= 4 is 20.5 Å². The van der Waals surface area contributed by atoms with Crippen LogP contribution < -0.4 is 0 Å². The predicted octanol–water partition coefficient (Wildman–Crippen LogP) is -0.738. The van der Waals surface area contributed by atoms with E-state index in [1.807, 2.05) is 0 Å². The highest BCUT2D eigenvalue weighted by molar-refractivity contribution is 6.36. The van der Waals surface area contributed by atoms with Gasteiger partial charge in [-0.2, -0.15) is 0 Å². The molecule has 0 bridgehead atoms. The molecule has 0 aromatic rings. The van der Waals surface area contributed by atoms with Crippen molar-refractivity contribution in [3.05, 3.63) is 0 Å². The Bertz CT molecular complexity index is 34.0. The smallest absolute Gasteiger partial charge is 0.379 e. The summed E-state index contributed by atoms with van der Waals surface area (Å²) in [7, 11) is 3.05. The molecule has 8 heavy (non-hydrogen) atoms. The van der Waals surface area contributed by atoms with Crippen molar-refractivity contribution in [2.45, 2.75) is 0 Å². The highest BCUT2D eigenvalue weighted by Gasteiger charge is 2.04. The van der Waals surface area contributed by atoms with Crippen molar-refractivity contribution in [3.8, 4) is 0 Å². The number of rotatable bonds is 3. The molecule has 0 N–H and O–H groups in total. The van der Waals surface area contributed by atoms with Gasteiger partial charge >= 0.3 is 9.53 Å². The lowest BCUT2D eigenvalue weighted by Gasteiger charge is -2.05. The molecule has 0 fully saturated rings. The highest BCUT2D eigenvalue weighted by Crippen LogP contribution is 1.81. The van der Waals surface area contributed by atoms with Crippen LogP contribution in [0.2, 0.25) is 0 Å². The van der Waals surface area contributed by atoms with Crippen LogP contribution in [-0.2, 0) is 13.3 Å². The van der Waals surface area contributed by atoms with Gasteiger partial charge < -0.3 is 13.3 Å². The van der Waals surface area contributed by atoms with Crippen LogP contribution >= 0.6 is 0 Å². The van der Waals surface area contributed by atoms with Gasteiger partial charge in [-0.15, -0.1) is 0 Å². The van der Waals surface area contributed by atoms with Crippen molar-refractivity contribution in [3.63, 3.8) is 0 Å². The Hall–Kier alpha value is 0.314. The summed E-state index contributed by atoms with van der Waals surface area (Å²) in [4.78, 5) is 0. The molecule has 4 radical (unpaired) electrons. The quantitative estimate of drug-likeness (QED) is 0.496. The van der Waals surface area contributed by atoms with Crippen molar-refractivity contribution in [1.29, 1.82) is 0 Å². The summed E-state index contributed by atoms with van der Waals surface area (Å²) in [5, 5.41) is 0. The van der Waals surface area contributed by atoms with Crippen molar-refractivity contribution < 1.29 is 13.3 Å². The second kappa shape index (κ2) is 7.31. The molecular weight excluding hydrogens is 140 g/mol. The minimum Gasteiger partial charge on any atom is -0.379 e. The maximum Gasteiger partial charge on any atom is 0.483 e. The first-order valence-corrected chi connectivity index (χ1v) is 3.35. The highest BCUT2D eigenvalue weighted by atomic mass is 28.3. The van der Waals surface area contributed by atoms with Crippen LogP contribution in [0.15, 0.2) is 0 Å². The molecule has 0 aromatic carbocycles. The van der Waals surface area contributed by atoms with E-state index in [1.54, 1.807) is 21.3 Å². The van der Waals surface area contributed by atoms with Crippen molar-refractivity contribution in [2.75, 3.05) is 21.3 Å². The maximum atomic E-state index is 4.74. The minimum absolute atomic E-state index is 0. The molecule has 0 saturated heterocycles. The summed E-state index contributed by atoms with van der Waals surface area (Å²) >= 11 is 0. The molecule has 0 aliphatic heterocycles. The average molecular weight is 150 g/mol. The van der Waals surface area contributed by atoms with E-state index in [-0.39, 0.29) is 11.0 Å². The van der Waals surface area contributed by atoms with Crippen LogP contribution in [0.3, 0.4) is 0 Å². The van der Waals surface area contributed by atoms with Gasteiger partial charge in [0.05, 0.1) is 0 Å². The van der Waals surface area contributed by atoms with Crippen LogP contribution in [0.4, 0.5) is 0 Å². The van der Waals surface area contributed by atoms with Gasteiger partial charge in [-0.05, 0) is 0 Å². The first-order valence-electron chi connectivity index (χ1n) is 1.93. The van der Waals surface area contributed by atoms with Gasteiger partial charge in [-0.3, -0.25) is 0 Å². The summed E-state index contributed by atoms with van der Waals surface area (Å²) in [6.45, 7) is 0. The van der Waals surface area contributed by atoms with E-state index in [1.165, 1.54) is 0 Å². The normalized spacial score (nSPS) is 9.00. The Kier molecular flexibility index (Phi) is 10.2. The van der Waals surface area contributed by atoms with E-state index in [4.69, 9.17) is 13.3 Å². The zero-order chi connectivity index (χ0) is 5.70. The Balaban J connectivity index is 0. The zero-order valence-corrected chi connectivity index (χ0v) is 7.46. The Morgan fingerprint density at radius 1 is 0.875 bits per heavy atom. The largest absolute Gasteiger partial charge is 0.483 e. The van der Waals surface area contributed by atoms with Gasteiger partial charge in [0.1, 0.15) is 0 Å². The molecule has 48 valence electrons. The molecule has 0 atom stereocenters. The van der Waals surface area contributed by atoms with Gasteiger partial charge in [0.2, 0.25) is 0 Å². The zero-order valence-electron chi connectivity index (χ0n) is 5.30. The van der Waals surface area contributed by atoms with E-state index in [0.29, 0.717) is 0 Å². The van der Waals surface area contributed by atoms with E-state index >= 15 is 0 Å². The molecule has 0 amide bonds. The van der Waals surface area contributed by atoms with E-state index < -0.39 is 9.53 Å². The summed E-state index contributed by atoms with van der Waals surface area (Å²) in [6.07, 6.45) is 0. The third kappa shape index (κ3) is 4.47. The standard InChI is InChI=1S/C3H10O3Si.Si/c1-4-7(5-2)6-3;/h7H,1-3H3;. The topological polar surface area (TPSA) is 27.7 Å². The second-order valence-electron chi connectivity index (χ2n) is 0.996. The first kappa shape index (κ1) is 11.2. The fourth-order valence-corrected chi connectivity index (χ4v) is 0.866. The van der Waals surface area contributed by atoms with Gasteiger partial charge in [-0.25, -0.2) is 0 Å². The van der Waals surface area contributed by atoms with Crippen molar-refractivity contribution in [2.24, 2.45) is 0 Å². The molecule has 0 rings (SSSR count). The molecule has 5 heteroatoms. The van der Waals surface area contributed by atoms with Crippen LogP contribution in [0.5, 0.6) is 0 Å². The predicted molar refractivity (Wildman–Crippen MR) is 33.9 cm³/mol. The average Bonchev–Trinajstić information content (AvgIpc) is 1.72. The first-order chi connectivity index (χ1) is 3.35. The molecule has 3 nitrogen and oxygen atoms in total. The van der Waals surface area contributed by atoms with Gasteiger partial charge in [0.15, 0.2) is 0 Å². The van der Waals surface area contributed by atoms with E-state index in [9.17, 15) is 0 Å². The van der Waals surface area contributed by atoms with Crippen molar-refractivity contribution in [1.82, 2.24) is 0 Å². The Morgan fingerprint density at radius 2 is 1.12 bits per heavy atom. The summed E-state index contributed by atoms with van der Waals surface area (Å²) < 4.78 is 14.2. The molecule has 0 unspecified atom stereocenters. The molecule has 0 spiro atoms. The lowest BCUT2D eigenvalue weighted by molar-refractivity contribution is 0.163. The summed E-state index contributed by atoms with van der Waals surface area (Å²) in [5.41, 5.74) is 0. The minimum atomic E-state index is -1.67. The SMILES string of the molecule is CO[SiH](OC)OC.[Si]. The third-order valence-electron chi connectivity index (χ3n) is 0.577. The number of hydrogen-bond donors (Lipinski definition) is 0. The molecule has 0 aliphatic carbocycles. The van der Waals surface area contributed by atoms with Crippen LogP contribution in [0.1, 0.15) is 0 Å². The maximum absolute atomic E-state index is 4.74. The van der Waals surface area contributed by atoms with E-state index in [0.717, 1.165) is 0 Å². The molecule has 0 aliphatic rings. The molecular formula is C3H10O3Si2. The monoisotopic (exact) mass is 150 g/mol. The number of hydrogen-bond acceptors (Lipinski definition) is 3. The lowest BCUT2D eigenvalue weighted by Crippen LogP contribution is -2.21. The third-order valence-corrected chi connectivity index (χ3v) is 1.73. The van der Waals surface area contributed by atoms with Crippen LogP contribution in [-0.4, -0.2) is 41.8 Å². The van der Waals surface area contributed by atoms with Crippen LogP contribution in [0.25, 0.3) is 0 Å². The molecule has 0 aromatic heterocycles. The van der Waals surface area contributed by atoms with E-state index in [2.05, 4.69) is 0 Å². The van der Waals surface area contributed by atoms with Crippen LogP contribution in [0, 0.1) is 0 Å². The summed E-state index contributed by atoms with van der Waals surface area (Å²) in [5.74, 6) is 0.